The van der Waals surface area contributed by atoms with Gasteiger partial charge in [-0.3, -0.25) is 4.79 Å². The van der Waals surface area contributed by atoms with Crippen molar-refractivity contribution in [2.24, 2.45) is 5.92 Å². The zero-order valence-electron chi connectivity index (χ0n) is 11.6. The number of ether oxygens (including phenoxy) is 1. The Morgan fingerprint density at radius 1 is 1.37 bits per heavy atom. The van der Waals surface area contributed by atoms with Gasteiger partial charge in [-0.25, -0.2) is 0 Å². The van der Waals surface area contributed by atoms with Crippen LogP contribution < -0.4 is 10.1 Å². The van der Waals surface area contributed by atoms with E-state index in [1.165, 1.54) is 24.0 Å². The zero-order chi connectivity index (χ0) is 13.4. The molecule has 102 valence electrons. The van der Waals surface area contributed by atoms with Gasteiger partial charge in [-0.2, -0.15) is 0 Å². The van der Waals surface area contributed by atoms with E-state index in [2.05, 4.69) is 17.4 Å². The predicted molar refractivity (Wildman–Crippen MR) is 74.4 cm³/mol. The van der Waals surface area contributed by atoms with Crippen LogP contribution in [-0.4, -0.2) is 19.1 Å². The Morgan fingerprint density at radius 2 is 2.21 bits per heavy atom. The minimum Gasteiger partial charge on any atom is -0.497 e. The third-order valence-corrected chi connectivity index (χ3v) is 4.65. The molecule has 1 fully saturated rings. The van der Waals surface area contributed by atoms with Crippen molar-refractivity contribution in [1.29, 1.82) is 0 Å². The van der Waals surface area contributed by atoms with Crippen LogP contribution in [0.5, 0.6) is 5.75 Å². The van der Waals surface area contributed by atoms with E-state index in [1.54, 1.807) is 14.0 Å². The summed E-state index contributed by atoms with van der Waals surface area (Å²) in [6.45, 7) is 1.62. The number of hydrogen-bond donors (Lipinski definition) is 1. The van der Waals surface area contributed by atoms with E-state index >= 15 is 0 Å². The molecule has 0 spiro atoms. The molecule has 3 atom stereocenters. The second-order valence-corrected chi connectivity index (χ2v) is 5.85. The van der Waals surface area contributed by atoms with Gasteiger partial charge in [-0.05, 0) is 60.8 Å². The maximum atomic E-state index is 11.3. The molecule has 3 nitrogen and oxygen atoms in total. The number of hydrogen-bond acceptors (Lipinski definition) is 2. The first-order chi connectivity index (χ1) is 9.17. The highest BCUT2D eigenvalue weighted by Crippen LogP contribution is 2.44. The Morgan fingerprint density at radius 3 is 2.95 bits per heavy atom. The summed E-state index contributed by atoms with van der Waals surface area (Å²) in [4.78, 5) is 11.3. The van der Waals surface area contributed by atoms with E-state index < -0.39 is 0 Å². The van der Waals surface area contributed by atoms with Crippen molar-refractivity contribution in [3.05, 3.63) is 29.3 Å². The number of nitrogens with one attached hydrogen (secondary N) is 1. The maximum absolute atomic E-state index is 11.3. The molecule has 1 aromatic carbocycles. The molecule has 0 heterocycles. The quantitative estimate of drug-likeness (QED) is 0.886. The van der Waals surface area contributed by atoms with Crippen LogP contribution in [0.15, 0.2) is 18.2 Å². The fourth-order valence-corrected chi connectivity index (χ4v) is 3.77. The Kier molecular flexibility index (Phi) is 3.21. The Hall–Kier alpha value is -1.51. The van der Waals surface area contributed by atoms with Crippen LogP contribution in [0, 0.1) is 5.92 Å². The average molecular weight is 259 g/mol. The molecule has 3 heteroatoms. The lowest BCUT2D eigenvalue weighted by atomic mass is 9.67. The minimum absolute atomic E-state index is 0.101. The second-order valence-electron chi connectivity index (χ2n) is 5.85. The van der Waals surface area contributed by atoms with Gasteiger partial charge in [-0.1, -0.05) is 6.07 Å². The first kappa shape index (κ1) is 12.5. The fraction of sp³-hybridized carbons (Fsp3) is 0.562. The average Bonchev–Trinajstić information content (AvgIpc) is 2.41. The summed E-state index contributed by atoms with van der Waals surface area (Å²) in [5.74, 6) is 2.31. The summed E-state index contributed by atoms with van der Waals surface area (Å²) < 4.78 is 5.33. The molecule has 0 saturated heterocycles. The third kappa shape index (κ3) is 2.34. The van der Waals surface area contributed by atoms with Crippen LogP contribution in [0.3, 0.4) is 0 Å². The molecule has 0 radical (unpaired) electrons. The topological polar surface area (TPSA) is 38.3 Å². The summed E-state index contributed by atoms with van der Waals surface area (Å²) in [5, 5.41) is 3.13. The zero-order valence-corrected chi connectivity index (χ0v) is 11.6. The molecule has 0 aromatic heterocycles. The monoisotopic (exact) mass is 259 g/mol. The van der Waals surface area contributed by atoms with Crippen molar-refractivity contribution < 1.29 is 9.53 Å². The number of benzene rings is 1. The molecule has 2 aliphatic rings. The molecule has 0 aliphatic heterocycles. The van der Waals surface area contributed by atoms with Crippen LogP contribution in [0.2, 0.25) is 0 Å². The molecule has 1 aromatic rings. The molecule has 2 bridgehead atoms. The first-order valence-corrected chi connectivity index (χ1v) is 7.11. The number of rotatable bonds is 2. The lowest BCUT2D eigenvalue weighted by Gasteiger charge is -2.41. The van der Waals surface area contributed by atoms with E-state index in [-0.39, 0.29) is 5.91 Å². The summed E-state index contributed by atoms with van der Waals surface area (Å²) >= 11 is 0. The molecule has 2 aliphatic carbocycles. The van der Waals surface area contributed by atoms with E-state index in [0.29, 0.717) is 17.9 Å². The van der Waals surface area contributed by atoms with Crippen LogP contribution in [-0.2, 0) is 11.2 Å². The summed E-state index contributed by atoms with van der Waals surface area (Å²) in [7, 11) is 1.72. The summed E-state index contributed by atoms with van der Waals surface area (Å²) in [6.07, 6.45) is 4.55. The van der Waals surface area contributed by atoms with Gasteiger partial charge >= 0.3 is 0 Å². The second kappa shape index (κ2) is 4.87. The number of fused-ring (bicyclic) bond motifs is 4. The number of carbonyl (C=O) groups excluding carboxylic acids is 1. The Bertz CT molecular complexity index is 498. The molecular weight excluding hydrogens is 238 g/mol. The van der Waals surface area contributed by atoms with Gasteiger partial charge in [0.1, 0.15) is 5.75 Å². The van der Waals surface area contributed by atoms with Gasteiger partial charge in [0.15, 0.2) is 0 Å². The fourth-order valence-electron chi connectivity index (χ4n) is 3.77. The van der Waals surface area contributed by atoms with E-state index in [4.69, 9.17) is 4.74 Å². The van der Waals surface area contributed by atoms with Gasteiger partial charge in [0.05, 0.1) is 7.11 Å². The smallest absolute Gasteiger partial charge is 0.217 e. The van der Waals surface area contributed by atoms with Crippen molar-refractivity contribution in [2.75, 3.05) is 7.11 Å². The molecule has 3 rings (SSSR count). The van der Waals surface area contributed by atoms with Gasteiger partial charge in [0.25, 0.3) is 0 Å². The van der Waals surface area contributed by atoms with Gasteiger partial charge in [0, 0.05) is 13.0 Å². The normalized spacial score (nSPS) is 28.4. The standard InChI is InChI=1S/C16H21NO2/c1-10(18)17-16-6-4-12-8-13(16)7-11-3-5-14(19-2)9-15(11)12/h3,5,9,12-13,16H,4,6-8H2,1-2H3,(H,17,18). The SMILES string of the molecule is COc1ccc2c(c1)C1CCC(NC(C)=O)C(C2)C1. The molecule has 19 heavy (non-hydrogen) atoms. The molecule has 1 amide bonds. The van der Waals surface area contributed by atoms with Gasteiger partial charge in [-0.15, -0.1) is 0 Å². The Balaban J connectivity index is 1.85. The lowest BCUT2D eigenvalue weighted by Crippen LogP contribution is -2.45. The number of amides is 1. The lowest BCUT2D eigenvalue weighted by molar-refractivity contribution is -0.120. The van der Waals surface area contributed by atoms with Crippen molar-refractivity contribution in [1.82, 2.24) is 5.32 Å². The molecular formula is C16H21NO2. The number of carbonyl (C=O) groups is 1. The van der Waals surface area contributed by atoms with Crippen molar-refractivity contribution in [2.45, 2.75) is 44.6 Å². The first-order valence-electron chi connectivity index (χ1n) is 7.11. The molecule has 1 saturated carbocycles. The van der Waals surface area contributed by atoms with Crippen molar-refractivity contribution in [3.63, 3.8) is 0 Å². The van der Waals surface area contributed by atoms with Crippen molar-refractivity contribution in [3.8, 4) is 5.75 Å². The van der Waals surface area contributed by atoms with E-state index in [1.807, 2.05) is 6.07 Å². The third-order valence-electron chi connectivity index (χ3n) is 4.65. The summed E-state index contributed by atoms with van der Waals surface area (Å²) in [5.41, 5.74) is 2.91. The maximum Gasteiger partial charge on any atom is 0.217 e. The molecule has 3 unspecified atom stereocenters. The summed E-state index contributed by atoms with van der Waals surface area (Å²) in [6, 6.07) is 6.81. The van der Waals surface area contributed by atoms with Crippen LogP contribution in [0.1, 0.15) is 43.2 Å². The van der Waals surface area contributed by atoms with E-state index in [0.717, 1.165) is 18.6 Å². The van der Waals surface area contributed by atoms with Crippen LogP contribution in [0.25, 0.3) is 0 Å². The highest BCUT2D eigenvalue weighted by Gasteiger charge is 2.36. The van der Waals surface area contributed by atoms with Crippen LogP contribution >= 0.6 is 0 Å². The minimum atomic E-state index is 0.101. The largest absolute Gasteiger partial charge is 0.497 e. The highest BCUT2D eigenvalue weighted by atomic mass is 16.5. The van der Waals surface area contributed by atoms with E-state index in [9.17, 15) is 4.79 Å². The van der Waals surface area contributed by atoms with Crippen molar-refractivity contribution >= 4 is 5.91 Å². The van der Waals surface area contributed by atoms with Gasteiger partial charge < -0.3 is 10.1 Å². The predicted octanol–water partition coefficient (Wildman–Crippen LogP) is 2.64. The van der Waals surface area contributed by atoms with Crippen LogP contribution in [0.4, 0.5) is 0 Å². The number of methoxy groups -OCH3 is 1. The highest BCUT2D eigenvalue weighted by molar-refractivity contribution is 5.73. The Labute approximate surface area is 114 Å². The van der Waals surface area contributed by atoms with Gasteiger partial charge in [0.2, 0.25) is 5.91 Å². The molecule has 1 N–H and O–H groups in total.